The molecule has 1 aliphatic heterocycles. The number of aliphatic hydroxyl groups excluding tert-OH is 1. The molecule has 0 amide bonds. The van der Waals surface area contributed by atoms with Crippen LogP contribution in [0.4, 0.5) is 0 Å². The minimum absolute atomic E-state index is 0.0907. The molecule has 1 aliphatic rings. The van der Waals surface area contributed by atoms with Gasteiger partial charge in [0.15, 0.2) is 0 Å². The van der Waals surface area contributed by atoms with Crippen LogP contribution in [0.15, 0.2) is 12.7 Å². The lowest BCUT2D eigenvalue weighted by molar-refractivity contribution is 0.138. The van der Waals surface area contributed by atoms with Crippen molar-refractivity contribution in [2.75, 3.05) is 0 Å². The van der Waals surface area contributed by atoms with Crippen molar-refractivity contribution in [1.29, 1.82) is 0 Å². The molecule has 0 bridgehead atoms. The summed E-state index contributed by atoms with van der Waals surface area (Å²) in [6, 6.07) is 0. The van der Waals surface area contributed by atoms with Crippen molar-refractivity contribution in [3.63, 3.8) is 0 Å². The molecule has 0 aromatic heterocycles. The zero-order valence-electron chi connectivity index (χ0n) is 6.99. The van der Waals surface area contributed by atoms with Gasteiger partial charge < -0.3 is 9.84 Å². The van der Waals surface area contributed by atoms with Crippen LogP contribution in [0.2, 0.25) is 0 Å². The summed E-state index contributed by atoms with van der Waals surface area (Å²) in [5, 5.41) is 9.39. The van der Waals surface area contributed by atoms with Gasteiger partial charge in [0, 0.05) is 0 Å². The second-order valence-corrected chi connectivity index (χ2v) is 3.02. The molecule has 1 saturated heterocycles. The molecule has 2 heteroatoms. The molecule has 1 fully saturated rings. The quantitative estimate of drug-likeness (QED) is 0.483. The zero-order valence-corrected chi connectivity index (χ0v) is 6.99. The molecule has 11 heavy (non-hydrogen) atoms. The third-order valence-corrected chi connectivity index (χ3v) is 1.98. The highest BCUT2D eigenvalue weighted by molar-refractivity contribution is 4.92. The van der Waals surface area contributed by atoms with E-state index >= 15 is 0 Å². The standard InChI is InChI=1S/C9H16O2/c1-3-5-7(10)9-8(11-9)6-4-2/h3,7-10H,1,4-6H2,2H3/t7-,8+,9+/m1/s1. The van der Waals surface area contributed by atoms with Gasteiger partial charge in [-0.25, -0.2) is 0 Å². The normalized spacial score (nSPS) is 31.5. The predicted octanol–water partition coefficient (Wildman–Crippen LogP) is 1.49. The van der Waals surface area contributed by atoms with Gasteiger partial charge >= 0.3 is 0 Å². The molecular formula is C9H16O2. The maximum atomic E-state index is 9.39. The summed E-state index contributed by atoms with van der Waals surface area (Å²) in [4.78, 5) is 0. The minimum Gasteiger partial charge on any atom is -0.390 e. The van der Waals surface area contributed by atoms with Crippen molar-refractivity contribution < 1.29 is 9.84 Å². The summed E-state index contributed by atoms with van der Waals surface area (Å²) >= 11 is 0. The summed E-state index contributed by atoms with van der Waals surface area (Å²) in [5.41, 5.74) is 0. The fraction of sp³-hybridized carbons (Fsp3) is 0.778. The van der Waals surface area contributed by atoms with E-state index in [4.69, 9.17) is 4.74 Å². The van der Waals surface area contributed by atoms with Crippen LogP contribution in [0.1, 0.15) is 26.2 Å². The van der Waals surface area contributed by atoms with E-state index in [0.717, 1.165) is 12.8 Å². The highest BCUT2D eigenvalue weighted by atomic mass is 16.6. The van der Waals surface area contributed by atoms with Crippen molar-refractivity contribution in [3.8, 4) is 0 Å². The van der Waals surface area contributed by atoms with Crippen LogP contribution >= 0.6 is 0 Å². The Balaban J connectivity index is 2.14. The van der Waals surface area contributed by atoms with Crippen molar-refractivity contribution in [1.82, 2.24) is 0 Å². The van der Waals surface area contributed by atoms with E-state index in [2.05, 4.69) is 13.5 Å². The van der Waals surface area contributed by atoms with Crippen molar-refractivity contribution in [2.45, 2.75) is 44.5 Å². The van der Waals surface area contributed by atoms with Crippen molar-refractivity contribution in [3.05, 3.63) is 12.7 Å². The van der Waals surface area contributed by atoms with E-state index in [9.17, 15) is 5.11 Å². The average Bonchev–Trinajstić information content (AvgIpc) is 2.69. The summed E-state index contributed by atoms with van der Waals surface area (Å²) < 4.78 is 5.27. The molecule has 1 heterocycles. The Labute approximate surface area is 67.9 Å². The Hall–Kier alpha value is -0.340. The molecule has 3 atom stereocenters. The first-order chi connectivity index (χ1) is 5.29. The molecule has 1 N–H and O–H groups in total. The van der Waals surface area contributed by atoms with Crippen molar-refractivity contribution >= 4 is 0 Å². The van der Waals surface area contributed by atoms with Crippen LogP contribution in [0.5, 0.6) is 0 Å². The fourth-order valence-corrected chi connectivity index (χ4v) is 1.32. The number of hydrogen-bond acceptors (Lipinski definition) is 2. The molecule has 0 saturated carbocycles. The molecule has 0 radical (unpaired) electrons. The molecular weight excluding hydrogens is 140 g/mol. The Morgan fingerprint density at radius 1 is 1.73 bits per heavy atom. The summed E-state index contributed by atoms with van der Waals surface area (Å²) in [5.74, 6) is 0. The smallest absolute Gasteiger partial charge is 0.110 e. The predicted molar refractivity (Wildman–Crippen MR) is 44.4 cm³/mol. The number of aliphatic hydroxyl groups is 1. The monoisotopic (exact) mass is 156 g/mol. The molecule has 0 unspecified atom stereocenters. The Morgan fingerprint density at radius 2 is 2.45 bits per heavy atom. The molecule has 1 rings (SSSR count). The van der Waals surface area contributed by atoms with E-state index < -0.39 is 0 Å². The Morgan fingerprint density at radius 3 is 3.00 bits per heavy atom. The van der Waals surface area contributed by atoms with Gasteiger partial charge in [-0.05, 0) is 12.8 Å². The van der Waals surface area contributed by atoms with E-state index in [1.807, 2.05) is 0 Å². The van der Waals surface area contributed by atoms with Gasteiger partial charge in [-0.1, -0.05) is 19.4 Å². The summed E-state index contributed by atoms with van der Waals surface area (Å²) in [6.07, 6.45) is 4.65. The first kappa shape index (κ1) is 8.75. The third-order valence-electron chi connectivity index (χ3n) is 1.98. The Kier molecular flexibility index (Phi) is 3.09. The number of ether oxygens (including phenoxy) is 1. The van der Waals surface area contributed by atoms with Crippen LogP contribution in [0.3, 0.4) is 0 Å². The zero-order chi connectivity index (χ0) is 8.27. The maximum absolute atomic E-state index is 9.39. The molecule has 2 nitrogen and oxygen atoms in total. The SMILES string of the molecule is C=CC[C@@H](O)[C@@H]1O[C@H]1CCC. The highest BCUT2D eigenvalue weighted by Gasteiger charge is 2.42. The largest absolute Gasteiger partial charge is 0.390 e. The van der Waals surface area contributed by atoms with E-state index in [1.165, 1.54) is 0 Å². The lowest BCUT2D eigenvalue weighted by Gasteiger charge is -2.01. The lowest BCUT2D eigenvalue weighted by atomic mass is 10.1. The number of hydrogen-bond donors (Lipinski definition) is 1. The summed E-state index contributed by atoms with van der Waals surface area (Å²) in [6.45, 7) is 5.69. The third kappa shape index (κ3) is 2.31. The van der Waals surface area contributed by atoms with Gasteiger partial charge in [0.05, 0.1) is 12.2 Å². The van der Waals surface area contributed by atoms with Gasteiger partial charge in [0.1, 0.15) is 6.10 Å². The van der Waals surface area contributed by atoms with Crippen LogP contribution < -0.4 is 0 Å². The van der Waals surface area contributed by atoms with Gasteiger partial charge in [-0.15, -0.1) is 6.58 Å². The average molecular weight is 156 g/mol. The number of epoxide rings is 1. The van der Waals surface area contributed by atoms with Gasteiger partial charge in [-0.2, -0.15) is 0 Å². The first-order valence-electron chi connectivity index (χ1n) is 4.24. The van der Waals surface area contributed by atoms with Gasteiger partial charge in [-0.3, -0.25) is 0 Å². The fourth-order valence-electron chi connectivity index (χ4n) is 1.32. The molecule has 0 aliphatic carbocycles. The van der Waals surface area contributed by atoms with Gasteiger partial charge in [0.25, 0.3) is 0 Å². The highest BCUT2D eigenvalue weighted by Crippen LogP contribution is 2.30. The van der Waals surface area contributed by atoms with Crippen LogP contribution in [0.25, 0.3) is 0 Å². The second-order valence-electron chi connectivity index (χ2n) is 3.02. The van der Waals surface area contributed by atoms with Crippen LogP contribution in [0, 0.1) is 0 Å². The van der Waals surface area contributed by atoms with E-state index in [-0.39, 0.29) is 12.2 Å². The van der Waals surface area contributed by atoms with Crippen LogP contribution in [-0.2, 0) is 4.74 Å². The van der Waals surface area contributed by atoms with Crippen molar-refractivity contribution in [2.24, 2.45) is 0 Å². The molecule has 0 spiro atoms. The molecule has 0 aromatic carbocycles. The molecule has 64 valence electrons. The molecule has 0 aromatic rings. The minimum atomic E-state index is -0.330. The number of rotatable bonds is 5. The van der Waals surface area contributed by atoms with Crippen LogP contribution in [-0.4, -0.2) is 23.4 Å². The van der Waals surface area contributed by atoms with Gasteiger partial charge in [0.2, 0.25) is 0 Å². The van der Waals surface area contributed by atoms with E-state index in [1.54, 1.807) is 6.08 Å². The summed E-state index contributed by atoms with van der Waals surface area (Å²) in [7, 11) is 0. The van der Waals surface area contributed by atoms with E-state index in [0.29, 0.717) is 12.5 Å². The maximum Gasteiger partial charge on any atom is 0.110 e. The first-order valence-corrected chi connectivity index (χ1v) is 4.24. The second kappa shape index (κ2) is 3.88. The topological polar surface area (TPSA) is 32.8 Å². The lowest BCUT2D eigenvalue weighted by Crippen LogP contribution is -2.15. The Bertz CT molecular complexity index is 134.